The number of halogens is 1. The molecule has 7 nitrogen and oxygen atoms in total. The monoisotopic (exact) mass is 308 g/mol. The van der Waals surface area contributed by atoms with E-state index < -0.39 is 10.9 Å². The smallest absolute Gasteiger partial charge is 0.373 e. The first-order valence-electron chi connectivity index (χ1n) is 6.16. The van der Waals surface area contributed by atoms with Gasteiger partial charge in [-0.1, -0.05) is 17.7 Å². The van der Waals surface area contributed by atoms with Crippen LogP contribution >= 0.6 is 11.6 Å². The lowest BCUT2D eigenvalue weighted by Crippen LogP contribution is -1.98. The fourth-order valence-electron chi connectivity index (χ4n) is 2.10. The Labute approximate surface area is 123 Å². The molecule has 0 saturated heterocycles. The molecular weight excluding hydrogens is 300 g/mol. The van der Waals surface area contributed by atoms with E-state index >= 15 is 0 Å². The Bertz CT molecular complexity index is 751. The van der Waals surface area contributed by atoms with Gasteiger partial charge in [0.25, 0.3) is 5.69 Å². The van der Waals surface area contributed by atoms with Crippen LogP contribution in [0.5, 0.6) is 0 Å². The van der Waals surface area contributed by atoms with Gasteiger partial charge in [0, 0.05) is 12.0 Å². The number of oxazole rings is 1. The molecule has 8 heteroatoms. The minimum atomic E-state index is -1.25. The van der Waals surface area contributed by atoms with Crippen molar-refractivity contribution in [2.24, 2.45) is 0 Å². The third kappa shape index (κ3) is 2.36. The molecule has 0 radical (unpaired) electrons. The molecule has 2 aromatic rings. The second-order valence-corrected chi connectivity index (χ2v) is 5.11. The number of hydrogen-bond donors (Lipinski definition) is 1. The Morgan fingerprint density at radius 2 is 2.19 bits per heavy atom. The van der Waals surface area contributed by atoms with Crippen LogP contribution in [-0.4, -0.2) is 21.0 Å². The standard InChI is InChI=1S/C13H9ClN2O5/c14-7-2-1-3-8(16(19)20)9(7)12-15-10(6-4-5-6)11(21-12)13(17)18/h1-3,6H,4-5H2,(H,17,18). The molecule has 0 amide bonds. The largest absolute Gasteiger partial charge is 0.475 e. The normalized spacial score (nSPS) is 14.1. The number of carboxylic acid groups (broad SMARTS) is 1. The van der Waals surface area contributed by atoms with Gasteiger partial charge in [-0.2, -0.15) is 0 Å². The lowest BCUT2D eigenvalue weighted by molar-refractivity contribution is -0.384. The minimum Gasteiger partial charge on any atom is -0.475 e. The number of benzene rings is 1. The van der Waals surface area contributed by atoms with Gasteiger partial charge < -0.3 is 9.52 Å². The third-order valence-electron chi connectivity index (χ3n) is 3.21. The predicted octanol–water partition coefficient (Wildman–Crippen LogP) is 3.48. The van der Waals surface area contributed by atoms with Gasteiger partial charge in [-0.05, 0) is 18.9 Å². The maximum atomic E-state index is 11.2. The summed E-state index contributed by atoms with van der Waals surface area (Å²) in [6.45, 7) is 0. The SMILES string of the molecule is O=C(O)c1oc(-c2c(Cl)cccc2[N+](=O)[O-])nc1C1CC1. The molecule has 1 fully saturated rings. The molecule has 1 aromatic carbocycles. The number of aromatic nitrogens is 1. The van der Waals surface area contributed by atoms with Gasteiger partial charge in [0.15, 0.2) is 0 Å². The summed E-state index contributed by atoms with van der Waals surface area (Å²) in [5.41, 5.74) is 0.0494. The molecule has 1 aliphatic carbocycles. The first-order valence-corrected chi connectivity index (χ1v) is 6.54. The number of aromatic carboxylic acids is 1. The fraction of sp³-hybridized carbons (Fsp3) is 0.231. The molecule has 0 spiro atoms. The summed E-state index contributed by atoms with van der Waals surface area (Å²) in [6.07, 6.45) is 1.66. The van der Waals surface area contributed by atoms with Crippen LogP contribution < -0.4 is 0 Å². The average molecular weight is 309 g/mol. The van der Waals surface area contributed by atoms with Gasteiger partial charge in [-0.25, -0.2) is 9.78 Å². The highest BCUT2D eigenvalue weighted by Crippen LogP contribution is 2.44. The summed E-state index contributed by atoms with van der Waals surface area (Å²) in [5, 5.41) is 20.3. The summed E-state index contributed by atoms with van der Waals surface area (Å²) in [4.78, 5) is 25.8. The van der Waals surface area contributed by atoms with Gasteiger partial charge >= 0.3 is 5.97 Å². The van der Waals surface area contributed by atoms with Crippen molar-refractivity contribution < 1.29 is 19.2 Å². The molecule has 3 rings (SSSR count). The molecule has 0 atom stereocenters. The maximum absolute atomic E-state index is 11.2. The summed E-state index contributed by atoms with van der Waals surface area (Å²) in [5.74, 6) is -1.62. The molecule has 0 bridgehead atoms. The van der Waals surface area contributed by atoms with E-state index in [0.717, 1.165) is 12.8 Å². The van der Waals surface area contributed by atoms with Gasteiger partial charge in [-0.15, -0.1) is 0 Å². The van der Waals surface area contributed by atoms with Gasteiger partial charge in [0.05, 0.1) is 15.6 Å². The van der Waals surface area contributed by atoms with Crippen LogP contribution in [0.15, 0.2) is 22.6 Å². The van der Waals surface area contributed by atoms with Gasteiger partial charge in [0.1, 0.15) is 5.56 Å². The molecule has 0 aliphatic heterocycles. The van der Waals surface area contributed by atoms with E-state index in [0.29, 0.717) is 5.69 Å². The second-order valence-electron chi connectivity index (χ2n) is 4.70. The van der Waals surface area contributed by atoms with Crippen molar-refractivity contribution in [1.29, 1.82) is 0 Å². The fourth-order valence-corrected chi connectivity index (χ4v) is 2.35. The van der Waals surface area contributed by atoms with Crippen molar-refractivity contribution >= 4 is 23.3 Å². The minimum absolute atomic E-state index is 0.00133. The molecular formula is C13H9ClN2O5. The topological polar surface area (TPSA) is 106 Å². The van der Waals surface area contributed by atoms with E-state index in [1.165, 1.54) is 18.2 Å². The Kier molecular flexibility index (Phi) is 3.13. The Morgan fingerprint density at radius 3 is 2.76 bits per heavy atom. The molecule has 1 saturated carbocycles. The van der Waals surface area contributed by atoms with Crippen LogP contribution in [0.4, 0.5) is 5.69 Å². The highest BCUT2D eigenvalue weighted by atomic mass is 35.5. The van der Waals surface area contributed by atoms with Crippen LogP contribution in [0.25, 0.3) is 11.5 Å². The van der Waals surface area contributed by atoms with Crippen LogP contribution in [0.3, 0.4) is 0 Å². The first kappa shape index (κ1) is 13.6. The van der Waals surface area contributed by atoms with Crippen molar-refractivity contribution in [3.05, 3.63) is 44.8 Å². The highest BCUT2D eigenvalue weighted by Gasteiger charge is 2.35. The third-order valence-corrected chi connectivity index (χ3v) is 3.53. The van der Waals surface area contributed by atoms with E-state index in [4.69, 9.17) is 21.1 Å². The molecule has 108 valence electrons. The van der Waals surface area contributed by atoms with Crippen molar-refractivity contribution in [2.75, 3.05) is 0 Å². The summed E-state index contributed by atoms with van der Waals surface area (Å²) in [6, 6.07) is 4.17. The quantitative estimate of drug-likeness (QED) is 0.684. The summed E-state index contributed by atoms with van der Waals surface area (Å²) >= 11 is 5.99. The van der Waals surface area contributed by atoms with Gasteiger partial charge in [-0.3, -0.25) is 10.1 Å². The predicted molar refractivity (Wildman–Crippen MR) is 72.5 cm³/mol. The zero-order valence-corrected chi connectivity index (χ0v) is 11.3. The Hall–Kier alpha value is -2.41. The number of rotatable bonds is 4. The Morgan fingerprint density at radius 1 is 1.48 bits per heavy atom. The zero-order valence-electron chi connectivity index (χ0n) is 10.6. The average Bonchev–Trinajstić information content (AvgIpc) is 3.17. The number of nitrogens with zero attached hydrogens (tertiary/aromatic N) is 2. The number of nitro benzene ring substituents is 1. The van der Waals surface area contributed by atoms with Gasteiger partial charge in [0.2, 0.25) is 11.7 Å². The lowest BCUT2D eigenvalue weighted by Gasteiger charge is -2.00. The van der Waals surface area contributed by atoms with Crippen molar-refractivity contribution in [2.45, 2.75) is 18.8 Å². The highest BCUT2D eigenvalue weighted by molar-refractivity contribution is 6.33. The van der Waals surface area contributed by atoms with E-state index in [-0.39, 0.29) is 33.8 Å². The van der Waals surface area contributed by atoms with Crippen LogP contribution in [-0.2, 0) is 0 Å². The number of carboxylic acids is 1. The lowest BCUT2D eigenvalue weighted by atomic mass is 10.2. The van der Waals surface area contributed by atoms with E-state index in [1.54, 1.807) is 0 Å². The first-order chi connectivity index (χ1) is 9.99. The molecule has 1 N–H and O–H groups in total. The number of nitro groups is 1. The van der Waals surface area contributed by atoms with Crippen molar-refractivity contribution in [1.82, 2.24) is 4.98 Å². The van der Waals surface area contributed by atoms with Crippen molar-refractivity contribution in [3.63, 3.8) is 0 Å². The molecule has 1 heterocycles. The van der Waals surface area contributed by atoms with E-state index in [2.05, 4.69) is 4.98 Å². The van der Waals surface area contributed by atoms with Crippen LogP contribution in [0.1, 0.15) is 35.0 Å². The van der Waals surface area contributed by atoms with Crippen molar-refractivity contribution in [3.8, 4) is 11.5 Å². The summed E-state index contributed by atoms with van der Waals surface area (Å²) in [7, 11) is 0. The summed E-state index contributed by atoms with van der Waals surface area (Å²) < 4.78 is 5.24. The van der Waals surface area contributed by atoms with E-state index in [1.807, 2.05) is 0 Å². The molecule has 1 aromatic heterocycles. The zero-order chi connectivity index (χ0) is 15.1. The Balaban J connectivity index is 2.19. The molecule has 21 heavy (non-hydrogen) atoms. The number of hydrogen-bond acceptors (Lipinski definition) is 5. The number of carbonyl (C=O) groups is 1. The second kappa shape index (κ2) is 4.85. The maximum Gasteiger partial charge on any atom is 0.373 e. The molecule has 1 aliphatic rings. The van der Waals surface area contributed by atoms with Crippen LogP contribution in [0.2, 0.25) is 5.02 Å². The van der Waals surface area contributed by atoms with E-state index in [9.17, 15) is 14.9 Å². The molecule has 0 unspecified atom stereocenters. The van der Waals surface area contributed by atoms with Crippen LogP contribution in [0, 0.1) is 10.1 Å².